The van der Waals surface area contributed by atoms with Crippen LogP contribution in [0.15, 0.2) is 34.0 Å². The molecule has 2 aromatic rings. The van der Waals surface area contributed by atoms with Crippen LogP contribution in [0.2, 0.25) is 0 Å². The number of aromatic nitrogens is 1. The zero-order valence-corrected chi connectivity index (χ0v) is 16.3. The summed E-state index contributed by atoms with van der Waals surface area (Å²) in [6.07, 6.45) is 4.05. The zero-order chi connectivity index (χ0) is 17.7. The second kappa shape index (κ2) is 8.53. The maximum Gasteiger partial charge on any atom is 0.308 e. The van der Waals surface area contributed by atoms with Gasteiger partial charge in [-0.25, -0.2) is 0 Å². The molecule has 24 heavy (non-hydrogen) atoms. The number of benzene rings is 1. The third-order valence-electron chi connectivity index (χ3n) is 4.03. The van der Waals surface area contributed by atoms with E-state index >= 15 is 0 Å². The molecule has 0 aliphatic carbocycles. The Morgan fingerprint density at radius 3 is 2.54 bits per heavy atom. The van der Waals surface area contributed by atoms with E-state index in [1.54, 1.807) is 28.3 Å². The van der Waals surface area contributed by atoms with Crippen molar-refractivity contribution in [2.75, 3.05) is 19.8 Å². The van der Waals surface area contributed by atoms with Crippen molar-refractivity contribution in [3.05, 3.63) is 50.1 Å². The molecule has 0 bridgehead atoms. The Bertz CT molecular complexity index is 747. The minimum atomic E-state index is -0.0753. The molecule has 0 saturated heterocycles. The van der Waals surface area contributed by atoms with E-state index in [4.69, 9.17) is 0 Å². The quantitative estimate of drug-likeness (QED) is 0.701. The summed E-state index contributed by atoms with van der Waals surface area (Å²) in [5, 5.41) is 0. The lowest BCUT2D eigenvalue weighted by Crippen LogP contribution is -2.27. The van der Waals surface area contributed by atoms with Crippen molar-refractivity contribution in [3.8, 4) is 0 Å². The second-order valence-corrected chi connectivity index (χ2v) is 7.64. The van der Waals surface area contributed by atoms with Crippen LogP contribution in [0.3, 0.4) is 0 Å². The van der Waals surface area contributed by atoms with Gasteiger partial charge in [0.05, 0.1) is 6.54 Å². The van der Waals surface area contributed by atoms with Crippen LogP contribution in [0.25, 0.3) is 0 Å². The molecular weight excluding hydrogens is 340 g/mol. The number of rotatable bonds is 7. The van der Waals surface area contributed by atoms with Crippen molar-refractivity contribution >= 4 is 29.0 Å². The molecule has 1 aromatic heterocycles. The molecule has 0 atom stereocenters. The van der Waals surface area contributed by atoms with Gasteiger partial charge in [-0.2, -0.15) is 0 Å². The number of carbonyl (C=O) groups excluding carboxylic acids is 1. The Morgan fingerprint density at radius 2 is 1.96 bits per heavy atom. The minimum absolute atomic E-state index is 0.0560. The fourth-order valence-corrected chi connectivity index (χ4v) is 3.84. The van der Waals surface area contributed by atoms with Crippen molar-refractivity contribution < 1.29 is 4.79 Å². The highest BCUT2D eigenvalue weighted by molar-refractivity contribution is 7.98. The predicted molar refractivity (Wildman–Crippen MR) is 103 cm³/mol. The van der Waals surface area contributed by atoms with Gasteiger partial charge in [-0.3, -0.25) is 14.2 Å². The highest BCUT2D eigenvalue weighted by Gasteiger charge is 2.20. The average Bonchev–Trinajstić information content (AvgIpc) is 2.87. The average molecular weight is 365 g/mol. The van der Waals surface area contributed by atoms with Crippen molar-refractivity contribution in [2.24, 2.45) is 0 Å². The van der Waals surface area contributed by atoms with Gasteiger partial charge in [-0.15, -0.1) is 11.8 Å². The molecule has 0 N–H and O–H groups in total. The first kappa shape index (κ1) is 18.8. The van der Waals surface area contributed by atoms with Crippen molar-refractivity contribution in [3.63, 3.8) is 0 Å². The monoisotopic (exact) mass is 364 g/mol. The van der Waals surface area contributed by atoms with E-state index in [0.717, 1.165) is 42.0 Å². The molecule has 0 saturated carbocycles. The summed E-state index contributed by atoms with van der Waals surface area (Å²) in [5.74, 6) is -0.0560. The van der Waals surface area contributed by atoms with Crippen LogP contribution in [0.5, 0.6) is 0 Å². The third-order valence-corrected chi connectivity index (χ3v) is 5.84. The molecule has 0 fully saturated rings. The maximum atomic E-state index is 12.6. The molecule has 2 rings (SSSR count). The minimum Gasteiger partial charge on any atom is -0.341 e. The number of thiazole rings is 1. The van der Waals surface area contributed by atoms with Gasteiger partial charge in [0, 0.05) is 24.2 Å². The fraction of sp³-hybridized carbons (Fsp3) is 0.444. The zero-order valence-electron chi connectivity index (χ0n) is 14.7. The molecule has 1 amide bonds. The van der Waals surface area contributed by atoms with Crippen LogP contribution in [0.1, 0.15) is 40.7 Å². The summed E-state index contributed by atoms with van der Waals surface area (Å²) in [4.78, 5) is 28.3. The van der Waals surface area contributed by atoms with Gasteiger partial charge in [0.2, 0.25) is 0 Å². The number of carbonyl (C=O) groups is 1. The largest absolute Gasteiger partial charge is 0.341 e. The number of amides is 1. The van der Waals surface area contributed by atoms with E-state index in [0.29, 0.717) is 11.4 Å². The number of hydrogen-bond donors (Lipinski definition) is 0. The summed E-state index contributed by atoms with van der Waals surface area (Å²) in [6, 6.07) is 8.17. The van der Waals surface area contributed by atoms with Crippen LogP contribution in [-0.2, 0) is 6.54 Å². The Morgan fingerprint density at radius 1 is 1.29 bits per heavy atom. The standard InChI is InChI=1S/C18H24N2O2S2/c1-5-6-11-19(3)17(21)16-13(2)20(18(22)24-16)12-14-7-9-15(23-4)10-8-14/h7-10H,5-6,11-12H2,1-4H3. The number of nitrogens with zero attached hydrogens (tertiary/aromatic N) is 2. The molecular formula is C18H24N2O2S2. The molecule has 0 unspecified atom stereocenters. The van der Waals surface area contributed by atoms with Gasteiger partial charge in [-0.1, -0.05) is 36.8 Å². The smallest absolute Gasteiger partial charge is 0.308 e. The first-order valence-electron chi connectivity index (χ1n) is 8.06. The van der Waals surface area contributed by atoms with E-state index in [9.17, 15) is 9.59 Å². The fourth-order valence-electron chi connectivity index (χ4n) is 2.44. The van der Waals surface area contributed by atoms with Gasteiger partial charge >= 0.3 is 4.87 Å². The Labute approximate surface area is 151 Å². The molecule has 0 radical (unpaired) electrons. The lowest BCUT2D eigenvalue weighted by atomic mass is 10.2. The molecule has 1 heterocycles. The van der Waals surface area contributed by atoms with Gasteiger partial charge in [0.25, 0.3) is 5.91 Å². The van der Waals surface area contributed by atoms with E-state index < -0.39 is 0 Å². The summed E-state index contributed by atoms with van der Waals surface area (Å²) in [7, 11) is 1.80. The first-order valence-corrected chi connectivity index (χ1v) is 10.1. The topological polar surface area (TPSA) is 42.3 Å². The molecule has 0 aliphatic heterocycles. The van der Waals surface area contributed by atoms with Gasteiger partial charge < -0.3 is 4.90 Å². The second-order valence-electron chi connectivity index (χ2n) is 5.80. The van der Waals surface area contributed by atoms with Crippen LogP contribution < -0.4 is 4.87 Å². The van der Waals surface area contributed by atoms with E-state index in [2.05, 4.69) is 19.1 Å². The Balaban J connectivity index is 2.21. The summed E-state index contributed by atoms with van der Waals surface area (Å²) >= 11 is 2.74. The lowest BCUT2D eigenvalue weighted by molar-refractivity contribution is 0.0796. The Kier molecular flexibility index (Phi) is 6.69. The predicted octanol–water partition coefficient (Wildman–Crippen LogP) is 3.86. The molecule has 6 heteroatoms. The van der Waals surface area contributed by atoms with Gasteiger partial charge in [-0.05, 0) is 37.3 Å². The normalized spacial score (nSPS) is 10.8. The highest BCUT2D eigenvalue weighted by atomic mass is 32.2. The van der Waals surface area contributed by atoms with E-state index in [-0.39, 0.29) is 10.8 Å². The summed E-state index contributed by atoms with van der Waals surface area (Å²) in [5.41, 5.74) is 1.82. The van der Waals surface area contributed by atoms with E-state index in [1.807, 2.05) is 25.3 Å². The van der Waals surface area contributed by atoms with Crippen molar-refractivity contribution in [2.45, 2.75) is 38.1 Å². The maximum absolute atomic E-state index is 12.6. The summed E-state index contributed by atoms with van der Waals surface area (Å²) in [6.45, 7) is 5.18. The third kappa shape index (κ3) is 4.30. The number of hydrogen-bond acceptors (Lipinski definition) is 4. The Hall–Kier alpha value is -1.53. The summed E-state index contributed by atoms with van der Waals surface area (Å²) < 4.78 is 1.69. The SMILES string of the molecule is CCCCN(C)C(=O)c1sc(=O)n(Cc2ccc(SC)cc2)c1C. The van der Waals surface area contributed by atoms with Crippen LogP contribution in [-0.4, -0.2) is 35.2 Å². The van der Waals surface area contributed by atoms with Gasteiger partial charge in [0.15, 0.2) is 0 Å². The van der Waals surface area contributed by atoms with Gasteiger partial charge in [0.1, 0.15) is 4.88 Å². The molecule has 0 aliphatic rings. The number of unbranched alkanes of at least 4 members (excludes halogenated alkanes) is 1. The van der Waals surface area contributed by atoms with Crippen LogP contribution in [0.4, 0.5) is 0 Å². The van der Waals surface area contributed by atoms with Crippen LogP contribution in [0, 0.1) is 6.92 Å². The number of thioether (sulfide) groups is 1. The molecule has 1 aromatic carbocycles. The lowest BCUT2D eigenvalue weighted by Gasteiger charge is -2.16. The highest BCUT2D eigenvalue weighted by Crippen LogP contribution is 2.18. The molecule has 130 valence electrons. The van der Waals surface area contributed by atoms with Crippen molar-refractivity contribution in [1.82, 2.24) is 9.47 Å². The molecule has 4 nitrogen and oxygen atoms in total. The first-order chi connectivity index (χ1) is 11.5. The molecule has 0 spiro atoms. The van der Waals surface area contributed by atoms with Crippen LogP contribution >= 0.6 is 23.1 Å². The van der Waals surface area contributed by atoms with Crippen molar-refractivity contribution in [1.29, 1.82) is 0 Å². The van der Waals surface area contributed by atoms with E-state index in [1.165, 1.54) is 4.90 Å².